The Morgan fingerprint density at radius 1 is 1.24 bits per heavy atom. The van der Waals surface area contributed by atoms with Gasteiger partial charge in [0.05, 0.1) is 18.4 Å². The van der Waals surface area contributed by atoms with E-state index >= 15 is 0 Å². The third-order valence-corrected chi connectivity index (χ3v) is 3.59. The number of methoxy groups -OCH3 is 1. The lowest BCUT2D eigenvalue weighted by atomic mass is 10.1. The molecule has 0 aliphatic heterocycles. The molecule has 0 unspecified atom stereocenters. The summed E-state index contributed by atoms with van der Waals surface area (Å²) in [4.78, 5) is 12.4. The second-order valence-corrected chi connectivity index (χ2v) is 5.25. The summed E-state index contributed by atoms with van der Waals surface area (Å²) in [5, 5.41) is 3.39. The van der Waals surface area contributed by atoms with E-state index in [0.29, 0.717) is 27.7 Å². The molecule has 0 atom stereocenters. The van der Waals surface area contributed by atoms with Crippen LogP contribution in [0.3, 0.4) is 0 Å². The molecule has 4 nitrogen and oxygen atoms in total. The highest BCUT2D eigenvalue weighted by Crippen LogP contribution is 2.31. The fraction of sp³-hybridized carbons (Fsp3) is 0.188. The van der Waals surface area contributed by atoms with Gasteiger partial charge in [0.2, 0.25) is 0 Å². The summed E-state index contributed by atoms with van der Waals surface area (Å²) in [6.45, 7) is 3.77. The second kappa shape index (κ2) is 6.06. The first-order valence-corrected chi connectivity index (χ1v) is 6.81. The number of carbonyl (C=O) groups excluding carboxylic acids is 1. The van der Waals surface area contributed by atoms with Crippen LogP contribution in [0.15, 0.2) is 30.3 Å². The zero-order valence-corrected chi connectivity index (χ0v) is 12.9. The summed E-state index contributed by atoms with van der Waals surface area (Å²) >= 11 is 6.05. The molecule has 1 amide bonds. The number of ether oxygens (including phenoxy) is 1. The highest BCUT2D eigenvalue weighted by molar-refractivity contribution is 6.31. The van der Waals surface area contributed by atoms with Gasteiger partial charge in [-0.05, 0) is 37.6 Å². The lowest BCUT2D eigenvalue weighted by molar-refractivity contribution is 0.102. The zero-order valence-electron chi connectivity index (χ0n) is 12.2. The Bertz CT molecular complexity index is 699. The molecule has 0 saturated heterocycles. The van der Waals surface area contributed by atoms with Crippen LogP contribution in [0.5, 0.6) is 5.75 Å². The molecule has 0 aliphatic carbocycles. The molecule has 0 aliphatic rings. The highest BCUT2D eigenvalue weighted by Gasteiger charge is 2.14. The van der Waals surface area contributed by atoms with E-state index < -0.39 is 0 Å². The average molecular weight is 305 g/mol. The molecule has 2 rings (SSSR count). The summed E-state index contributed by atoms with van der Waals surface area (Å²) in [5.74, 6) is 0.224. The highest BCUT2D eigenvalue weighted by atomic mass is 35.5. The lowest BCUT2D eigenvalue weighted by Gasteiger charge is -2.13. The Kier molecular flexibility index (Phi) is 4.38. The second-order valence-electron chi connectivity index (χ2n) is 4.85. The van der Waals surface area contributed by atoms with Crippen molar-refractivity contribution >= 4 is 28.9 Å². The molecule has 5 heteroatoms. The number of nitrogen functional groups attached to an aromatic ring is 1. The minimum atomic E-state index is -0.281. The number of anilines is 2. The van der Waals surface area contributed by atoms with E-state index in [9.17, 15) is 4.79 Å². The third kappa shape index (κ3) is 3.28. The number of aryl methyl sites for hydroxylation is 2. The van der Waals surface area contributed by atoms with E-state index in [2.05, 4.69) is 5.32 Å². The van der Waals surface area contributed by atoms with Crippen LogP contribution in [0.1, 0.15) is 21.5 Å². The first kappa shape index (κ1) is 15.2. The average Bonchev–Trinajstić information content (AvgIpc) is 2.45. The fourth-order valence-electron chi connectivity index (χ4n) is 1.99. The van der Waals surface area contributed by atoms with Gasteiger partial charge >= 0.3 is 0 Å². The molecule has 2 aromatic carbocycles. The predicted molar refractivity (Wildman–Crippen MR) is 86.3 cm³/mol. The summed E-state index contributed by atoms with van der Waals surface area (Å²) in [6, 6.07) is 8.77. The number of amides is 1. The maximum Gasteiger partial charge on any atom is 0.257 e. The molecule has 0 fully saturated rings. The maximum atomic E-state index is 12.4. The van der Waals surface area contributed by atoms with Gasteiger partial charge in [0.15, 0.2) is 0 Å². The molecule has 0 saturated carbocycles. The topological polar surface area (TPSA) is 64.3 Å². The number of halogens is 1. The minimum absolute atomic E-state index is 0.281. The number of carbonyl (C=O) groups is 1. The van der Waals surface area contributed by atoms with Gasteiger partial charge in [-0.2, -0.15) is 0 Å². The molecule has 0 bridgehead atoms. The van der Waals surface area contributed by atoms with Gasteiger partial charge in [0.25, 0.3) is 5.91 Å². The predicted octanol–water partition coefficient (Wildman–Crippen LogP) is 3.80. The number of hydrogen-bond donors (Lipinski definition) is 2. The van der Waals surface area contributed by atoms with E-state index in [0.717, 1.165) is 11.1 Å². The Morgan fingerprint density at radius 2 is 1.95 bits per heavy atom. The third-order valence-electron chi connectivity index (χ3n) is 3.18. The van der Waals surface area contributed by atoms with E-state index in [1.165, 1.54) is 7.11 Å². The summed E-state index contributed by atoms with van der Waals surface area (Å²) in [7, 11) is 1.53. The van der Waals surface area contributed by atoms with Crippen LogP contribution >= 0.6 is 11.6 Å². The van der Waals surface area contributed by atoms with Crippen molar-refractivity contribution in [3.8, 4) is 5.75 Å². The number of nitrogens with one attached hydrogen (secondary N) is 1. The van der Waals surface area contributed by atoms with Gasteiger partial charge in [0, 0.05) is 16.8 Å². The molecule has 0 spiro atoms. The van der Waals surface area contributed by atoms with Crippen LogP contribution in [0, 0.1) is 13.8 Å². The van der Waals surface area contributed by atoms with Crippen LogP contribution in [0.2, 0.25) is 5.02 Å². The lowest BCUT2D eigenvalue weighted by Crippen LogP contribution is -2.15. The van der Waals surface area contributed by atoms with Crippen molar-refractivity contribution in [2.24, 2.45) is 0 Å². The van der Waals surface area contributed by atoms with Gasteiger partial charge in [-0.25, -0.2) is 0 Å². The first-order valence-electron chi connectivity index (χ1n) is 6.44. The molecule has 0 aromatic heterocycles. The van der Waals surface area contributed by atoms with Crippen molar-refractivity contribution in [1.29, 1.82) is 0 Å². The minimum Gasteiger partial charge on any atom is -0.495 e. The maximum absolute atomic E-state index is 12.4. The SMILES string of the molecule is COc1cc(Cl)c(C)cc1NC(=O)c1cc(C)ccc1N. The quantitative estimate of drug-likeness (QED) is 0.848. The standard InChI is InChI=1S/C16H17ClN2O2/c1-9-4-5-13(18)11(6-9)16(20)19-14-7-10(2)12(17)8-15(14)21-3/h4-8H,18H2,1-3H3,(H,19,20). The number of hydrogen-bond acceptors (Lipinski definition) is 3. The van der Waals surface area contributed by atoms with Crippen LogP contribution in [-0.2, 0) is 0 Å². The van der Waals surface area contributed by atoms with E-state index in [4.69, 9.17) is 22.1 Å². The van der Waals surface area contributed by atoms with Crippen molar-refractivity contribution in [1.82, 2.24) is 0 Å². The van der Waals surface area contributed by atoms with Gasteiger partial charge in [-0.15, -0.1) is 0 Å². The molecule has 21 heavy (non-hydrogen) atoms. The molecule has 0 heterocycles. The smallest absolute Gasteiger partial charge is 0.257 e. The first-order chi connectivity index (χ1) is 9.92. The molecular weight excluding hydrogens is 288 g/mol. The van der Waals surface area contributed by atoms with Crippen molar-refractivity contribution in [3.05, 3.63) is 52.0 Å². The van der Waals surface area contributed by atoms with E-state index in [-0.39, 0.29) is 5.91 Å². The van der Waals surface area contributed by atoms with Crippen LogP contribution in [0.25, 0.3) is 0 Å². The molecule has 0 radical (unpaired) electrons. The number of nitrogens with two attached hydrogens (primary N) is 1. The van der Waals surface area contributed by atoms with E-state index in [1.807, 2.05) is 19.9 Å². The monoisotopic (exact) mass is 304 g/mol. The van der Waals surface area contributed by atoms with Crippen molar-refractivity contribution in [3.63, 3.8) is 0 Å². The normalized spacial score (nSPS) is 10.3. The Hall–Kier alpha value is -2.20. The largest absolute Gasteiger partial charge is 0.495 e. The zero-order chi connectivity index (χ0) is 15.6. The molecule has 3 N–H and O–H groups in total. The fourth-order valence-corrected chi connectivity index (χ4v) is 2.14. The van der Waals surface area contributed by atoms with Crippen molar-refractivity contribution in [2.45, 2.75) is 13.8 Å². The molecule has 2 aromatic rings. The molecular formula is C16H17ClN2O2. The van der Waals surface area contributed by atoms with Crippen LogP contribution in [-0.4, -0.2) is 13.0 Å². The summed E-state index contributed by atoms with van der Waals surface area (Å²) < 4.78 is 5.24. The van der Waals surface area contributed by atoms with Crippen LogP contribution in [0.4, 0.5) is 11.4 Å². The van der Waals surface area contributed by atoms with Crippen LogP contribution < -0.4 is 15.8 Å². The summed E-state index contributed by atoms with van der Waals surface area (Å²) in [6.07, 6.45) is 0. The van der Waals surface area contributed by atoms with Gasteiger partial charge < -0.3 is 15.8 Å². The summed E-state index contributed by atoms with van der Waals surface area (Å²) in [5.41, 5.74) is 9.10. The Labute approximate surface area is 128 Å². The van der Waals surface area contributed by atoms with E-state index in [1.54, 1.807) is 24.3 Å². The molecule has 110 valence electrons. The van der Waals surface area contributed by atoms with Crippen molar-refractivity contribution in [2.75, 3.05) is 18.2 Å². The van der Waals surface area contributed by atoms with Gasteiger partial charge in [-0.1, -0.05) is 23.2 Å². The van der Waals surface area contributed by atoms with Gasteiger partial charge in [0.1, 0.15) is 5.75 Å². The number of rotatable bonds is 3. The number of benzene rings is 2. The Morgan fingerprint density at radius 3 is 2.62 bits per heavy atom. The van der Waals surface area contributed by atoms with Gasteiger partial charge in [-0.3, -0.25) is 4.79 Å². The van der Waals surface area contributed by atoms with Crippen molar-refractivity contribution < 1.29 is 9.53 Å². The Balaban J connectivity index is 2.35.